The second kappa shape index (κ2) is 6.71. The third-order valence-corrected chi connectivity index (χ3v) is 4.48. The number of pyridine rings is 1. The van der Waals surface area contributed by atoms with Crippen LogP contribution in [0.4, 0.5) is 0 Å². The third kappa shape index (κ3) is 3.04. The van der Waals surface area contributed by atoms with Crippen LogP contribution >= 0.6 is 0 Å². The molecule has 0 spiro atoms. The molecule has 2 aromatic carbocycles. The molecule has 9 heteroatoms. The highest BCUT2D eigenvalue weighted by atomic mass is 16.5. The fraction of sp³-hybridized carbons (Fsp3) is 0.0500. The molecule has 0 radical (unpaired) electrons. The Balaban J connectivity index is 1.34. The first-order chi connectivity index (χ1) is 14.2. The van der Waals surface area contributed by atoms with Gasteiger partial charge in [0, 0.05) is 12.3 Å². The summed E-state index contributed by atoms with van der Waals surface area (Å²) in [5.41, 5.74) is 3.12. The number of aromatic nitrogens is 5. The number of hydrogen-bond acceptors (Lipinski definition) is 6. The molecule has 5 rings (SSSR count). The number of fused-ring (bicyclic) bond motifs is 4. The van der Waals surface area contributed by atoms with E-state index >= 15 is 0 Å². The van der Waals surface area contributed by atoms with Gasteiger partial charge in [-0.1, -0.05) is 30.3 Å². The fourth-order valence-corrected chi connectivity index (χ4v) is 3.10. The molecule has 3 aromatic heterocycles. The summed E-state index contributed by atoms with van der Waals surface area (Å²) in [7, 11) is 0. The number of carbonyl (C=O) groups is 1. The highest BCUT2D eigenvalue weighted by Crippen LogP contribution is 2.20. The quantitative estimate of drug-likeness (QED) is 0.505. The largest absolute Gasteiger partial charge is 0.484 e. The van der Waals surface area contributed by atoms with Crippen molar-refractivity contribution in [3.05, 3.63) is 77.3 Å². The van der Waals surface area contributed by atoms with E-state index in [1.807, 2.05) is 36.4 Å². The van der Waals surface area contributed by atoms with Crippen molar-refractivity contribution in [1.29, 1.82) is 0 Å². The fourth-order valence-electron chi connectivity index (χ4n) is 3.10. The van der Waals surface area contributed by atoms with Gasteiger partial charge in [-0.2, -0.15) is 5.10 Å². The van der Waals surface area contributed by atoms with E-state index in [1.54, 1.807) is 24.4 Å². The van der Waals surface area contributed by atoms with Crippen LogP contribution in [0.1, 0.15) is 0 Å². The molecular formula is C20H14N6O3. The summed E-state index contributed by atoms with van der Waals surface area (Å²) < 4.78 is 8.12. The number of ether oxygens (including phenoxy) is 1. The second-order valence-corrected chi connectivity index (χ2v) is 6.36. The van der Waals surface area contributed by atoms with Gasteiger partial charge in [0.1, 0.15) is 11.3 Å². The molecule has 29 heavy (non-hydrogen) atoms. The summed E-state index contributed by atoms with van der Waals surface area (Å²) >= 11 is 0. The second-order valence-electron chi connectivity index (χ2n) is 6.36. The van der Waals surface area contributed by atoms with Crippen molar-refractivity contribution in [1.82, 2.24) is 24.5 Å². The number of nitrogens with one attached hydrogen (secondary N) is 1. The molecule has 0 unspecified atom stereocenters. The average molecular weight is 386 g/mol. The molecule has 0 saturated heterocycles. The van der Waals surface area contributed by atoms with Gasteiger partial charge in [0.2, 0.25) is 0 Å². The molecule has 9 nitrogen and oxygen atoms in total. The van der Waals surface area contributed by atoms with Gasteiger partial charge in [-0.25, -0.2) is 9.19 Å². The Morgan fingerprint density at radius 2 is 1.90 bits per heavy atom. The minimum absolute atomic E-state index is 0.0967. The Labute approximate surface area is 163 Å². The van der Waals surface area contributed by atoms with Crippen LogP contribution in [0.25, 0.3) is 27.5 Å². The lowest BCUT2D eigenvalue weighted by molar-refractivity contribution is -0.119. The van der Waals surface area contributed by atoms with Crippen molar-refractivity contribution in [2.24, 2.45) is 0 Å². The molecule has 0 aliphatic rings. The van der Waals surface area contributed by atoms with E-state index in [1.165, 1.54) is 10.7 Å². The normalized spacial score (nSPS) is 11.2. The standard InChI is InChI=1S/C20H14N6O3/c27-18(12-29-15-6-5-13-3-1-2-4-14(13)11-15)24-25-10-8-16-19(20(25)28)23-22-17-7-9-21-26(16)17/h1-11H,12H2,(H,24,27). The van der Waals surface area contributed by atoms with Crippen molar-refractivity contribution >= 4 is 33.4 Å². The zero-order valence-corrected chi connectivity index (χ0v) is 15.0. The van der Waals surface area contributed by atoms with Gasteiger partial charge in [0.05, 0.1) is 6.20 Å². The van der Waals surface area contributed by atoms with E-state index in [0.29, 0.717) is 16.9 Å². The van der Waals surface area contributed by atoms with E-state index in [-0.39, 0.29) is 12.1 Å². The van der Waals surface area contributed by atoms with Crippen LogP contribution in [0.5, 0.6) is 5.75 Å². The number of hydrogen-bond donors (Lipinski definition) is 1. The number of rotatable bonds is 4. The Morgan fingerprint density at radius 1 is 1.03 bits per heavy atom. The molecule has 0 saturated carbocycles. The molecule has 0 atom stereocenters. The molecule has 5 aromatic rings. The zero-order valence-electron chi connectivity index (χ0n) is 15.0. The predicted molar refractivity (Wildman–Crippen MR) is 106 cm³/mol. The molecule has 0 fully saturated rings. The van der Waals surface area contributed by atoms with E-state index in [2.05, 4.69) is 20.7 Å². The molecule has 3 heterocycles. The molecular weight excluding hydrogens is 372 g/mol. The van der Waals surface area contributed by atoms with Gasteiger partial charge < -0.3 is 4.74 Å². The van der Waals surface area contributed by atoms with Gasteiger partial charge in [0.15, 0.2) is 17.8 Å². The summed E-state index contributed by atoms with van der Waals surface area (Å²) in [5.74, 6) is 0.0874. The SMILES string of the molecule is O=C(COc1ccc2ccccc2c1)Nn1ccc2c(nnc3ccnn32)c1=O. The lowest BCUT2D eigenvalue weighted by atomic mass is 10.1. The minimum atomic E-state index is -0.508. The van der Waals surface area contributed by atoms with Crippen LogP contribution in [0.15, 0.2) is 71.8 Å². The van der Waals surface area contributed by atoms with E-state index in [4.69, 9.17) is 4.74 Å². The summed E-state index contributed by atoms with van der Waals surface area (Å²) in [4.78, 5) is 24.9. The number of carbonyl (C=O) groups excluding carboxylic acids is 1. The summed E-state index contributed by atoms with van der Waals surface area (Å²) in [6.07, 6.45) is 3.02. The molecule has 1 N–H and O–H groups in total. The summed E-state index contributed by atoms with van der Waals surface area (Å²) in [6, 6.07) is 16.7. The maximum Gasteiger partial charge on any atom is 0.299 e. The van der Waals surface area contributed by atoms with Gasteiger partial charge in [-0.15, -0.1) is 10.2 Å². The number of amides is 1. The maximum absolute atomic E-state index is 12.6. The maximum atomic E-state index is 12.6. The van der Waals surface area contributed by atoms with Crippen molar-refractivity contribution < 1.29 is 9.53 Å². The molecule has 0 aliphatic heterocycles. The Morgan fingerprint density at radius 3 is 2.79 bits per heavy atom. The summed E-state index contributed by atoms with van der Waals surface area (Å²) in [6.45, 7) is -0.243. The lowest BCUT2D eigenvalue weighted by Crippen LogP contribution is -2.35. The molecule has 1 amide bonds. The van der Waals surface area contributed by atoms with Crippen LogP contribution in [0.3, 0.4) is 0 Å². The minimum Gasteiger partial charge on any atom is -0.484 e. The van der Waals surface area contributed by atoms with E-state index in [9.17, 15) is 9.59 Å². The van der Waals surface area contributed by atoms with Crippen molar-refractivity contribution in [3.63, 3.8) is 0 Å². The molecule has 0 aliphatic carbocycles. The third-order valence-electron chi connectivity index (χ3n) is 4.48. The highest BCUT2D eigenvalue weighted by molar-refractivity contribution is 5.86. The monoisotopic (exact) mass is 386 g/mol. The summed E-state index contributed by atoms with van der Waals surface area (Å²) in [5, 5.41) is 14.1. The van der Waals surface area contributed by atoms with Crippen molar-refractivity contribution in [3.8, 4) is 5.75 Å². The van der Waals surface area contributed by atoms with Gasteiger partial charge in [0.25, 0.3) is 11.5 Å². The van der Waals surface area contributed by atoms with Gasteiger partial charge in [-0.3, -0.25) is 15.0 Å². The smallest absolute Gasteiger partial charge is 0.299 e. The average Bonchev–Trinajstić information content (AvgIpc) is 3.23. The van der Waals surface area contributed by atoms with Crippen LogP contribution in [0, 0.1) is 0 Å². The van der Waals surface area contributed by atoms with E-state index < -0.39 is 11.5 Å². The topological polar surface area (TPSA) is 103 Å². The first-order valence-electron chi connectivity index (χ1n) is 8.82. The van der Waals surface area contributed by atoms with Crippen LogP contribution in [0.2, 0.25) is 0 Å². The Bertz CT molecular complexity index is 1440. The van der Waals surface area contributed by atoms with Gasteiger partial charge >= 0.3 is 0 Å². The van der Waals surface area contributed by atoms with Gasteiger partial charge in [-0.05, 0) is 29.0 Å². The highest BCUT2D eigenvalue weighted by Gasteiger charge is 2.11. The van der Waals surface area contributed by atoms with Crippen LogP contribution < -0.4 is 15.7 Å². The zero-order chi connectivity index (χ0) is 19.8. The van der Waals surface area contributed by atoms with E-state index in [0.717, 1.165) is 15.4 Å². The molecule has 142 valence electrons. The first-order valence-corrected chi connectivity index (χ1v) is 8.82. The Hall–Kier alpha value is -4.27. The predicted octanol–water partition coefficient (Wildman–Crippen LogP) is 1.74. The number of nitrogens with zero attached hydrogens (tertiary/aromatic N) is 5. The Kier molecular flexibility index (Phi) is 3.91. The molecule has 0 bridgehead atoms. The lowest BCUT2D eigenvalue weighted by Gasteiger charge is -2.10. The number of benzene rings is 2. The van der Waals surface area contributed by atoms with Crippen LogP contribution in [-0.2, 0) is 4.79 Å². The van der Waals surface area contributed by atoms with Crippen LogP contribution in [-0.4, -0.2) is 37.0 Å². The van der Waals surface area contributed by atoms with Crippen molar-refractivity contribution in [2.75, 3.05) is 12.0 Å². The van der Waals surface area contributed by atoms with Crippen molar-refractivity contribution in [2.45, 2.75) is 0 Å². The first kappa shape index (κ1) is 16.9.